The molecule has 0 aliphatic heterocycles. The summed E-state index contributed by atoms with van der Waals surface area (Å²) in [4.78, 5) is 11.1. The molecule has 2 rings (SSSR count). The number of carbonyl (C=O) groups excluding carboxylic acids is 1. The number of carbonyl (C=O) groups is 1. The van der Waals surface area contributed by atoms with Crippen LogP contribution in [0.3, 0.4) is 0 Å². The Bertz CT molecular complexity index is 437. The summed E-state index contributed by atoms with van der Waals surface area (Å²) in [6.07, 6.45) is 3.05. The lowest BCUT2D eigenvalue weighted by atomic mass is 10.2. The molecule has 2 unspecified atom stereocenters. The predicted octanol–water partition coefficient (Wildman–Crippen LogP) is 1.81. The minimum atomic E-state index is -0.452. The van der Waals surface area contributed by atoms with E-state index in [1.807, 2.05) is 0 Å². The van der Waals surface area contributed by atoms with Crippen LogP contribution in [0.1, 0.15) is 29.6 Å². The van der Waals surface area contributed by atoms with E-state index in [1.165, 1.54) is 0 Å². The highest BCUT2D eigenvalue weighted by Crippen LogP contribution is 2.27. The van der Waals surface area contributed by atoms with Gasteiger partial charge in [-0.3, -0.25) is 4.79 Å². The molecule has 1 aliphatic carbocycles. The third-order valence-electron chi connectivity index (χ3n) is 2.93. The Morgan fingerprint density at radius 2 is 2.18 bits per heavy atom. The lowest BCUT2D eigenvalue weighted by Gasteiger charge is -2.14. The molecular formula is C12H15BrN2O2. The van der Waals surface area contributed by atoms with Crippen LogP contribution in [-0.4, -0.2) is 18.1 Å². The molecule has 0 bridgehead atoms. The first kappa shape index (κ1) is 12.4. The quantitative estimate of drug-likeness (QED) is 0.893. The molecule has 17 heavy (non-hydrogen) atoms. The Morgan fingerprint density at radius 1 is 1.41 bits per heavy atom. The van der Waals surface area contributed by atoms with Crippen LogP contribution >= 0.6 is 15.9 Å². The van der Waals surface area contributed by atoms with Crippen LogP contribution in [0.25, 0.3) is 0 Å². The number of benzene rings is 1. The van der Waals surface area contributed by atoms with Gasteiger partial charge in [0, 0.05) is 10.5 Å². The summed E-state index contributed by atoms with van der Waals surface area (Å²) >= 11 is 3.30. The maximum atomic E-state index is 11.1. The Labute approximate surface area is 108 Å². The van der Waals surface area contributed by atoms with Gasteiger partial charge in [-0.25, -0.2) is 0 Å². The van der Waals surface area contributed by atoms with Crippen LogP contribution in [0.15, 0.2) is 22.7 Å². The fourth-order valence-corrected chi connectivity index (χ4v) is 2.59. The molecule has 1 amide bonds. The van der Waals surface area contributed by atoms with E-state index in [9.17, 15) is 4.79 Å². The Balaban J connectivity index is 2.07. The minimum Gasteiger partial charge on any atom is -0.490 e. The second-order valence-corrected chi connectivity index (χ2v) is 5.17. The molecule has 4 nitrogen and oxygen atoms in total. The van der Waals surface area contributed by atoms with Crippen LogP contribution in [0.2, 0.25) is 0 Å². The largest absolute Gasteiger partial charge is 0.490 e. The van der Waals surface area contributed by atoms with Gasteiger partial charge in [-0.2, -0.15) is 0 Å². The van der Waals surface area contributed by atoms with Crippen molar-refractivity contribution in [1.29, 1.82) is 0 Å². The van der Waals surface area contributed by atoms with Gasteiger partial charge in [0.15, 0.2) is 0 Å². The van der Waals surface area contributed by atoms with Crippen molar-refractivity contribution in [1.82, 2.24) is 0 Å². The van der Waals surface area contributed by atoms with Gasteiger partial charge in [0.2, 0.25) is 5.91 Å². The van der Waals surface area contributed by atoms with Gasteiger partial charge in [0.1, 0.15) is 11.9 Å². The zero-order valence-corrected chi connectivity index (χ0v) is 10.9. The van der Waals surface area contributed by atoms with Crippen molar-refractivity contribution in [2.24, 2.45) is 11.5 Å². The second-order valence-electron chi connectivity index (χ2n) is 4.32. The van der Waals surface area contributed by atoms with E-state index in [4.69, 9.17) is 16.2 Å². The lowest BCUT2D eigenvalue weighted by Crippen LogP contribution is -2.19. The van der Waals surface area contributed by atoms with E-state index >= 15 is 0 Å². The fraction of sp³-hybridized carbons (Fsp3) is 0.417. The molecule has 2 atom stereocenters. The van der Waals surface area contributed by atoms with Crippen molar-refractivity contribution in [3.8, 4) is 5.75 Å². The highest BCUT2D eigenvalue weighted by Gasteiger charge is 2.23. The first-order chi connectivity index (χ1) is 8.06. The van der Waals surface area contributed by atoms with Crippen molar-refractivity contribution in [3.63, 3.8) is 0 Å². The van der Waals surface area contributed by atoms with E-state index in [1.54, 1.807) is 18.2 Å². The van der Waals surface area contributed by atoms with E-state index in [-0.39, 0.29) is 12.1 Å². The van der Waals surface area contributed by atoms with Gasteiger partial charge in [-0.15, -0.1) is 0 Å². The van der Waals surface area contributed by atoms with E-state index < -0.39 is 5.91 Å². The maximum Gasteiger partial charge on any atom is 0.249 e. The van der Waals surface area contributed by atoms with Gasteiger partial charge < -0.3 is 16.2 Å². The number of hydrogen-bond donors (Lipinski definition) is 2. The normalized spacial score (nSPS) is 23.6. The first-order valence-corrected chi connectivity index (χ1v) is 6.37. The molecule has 0 aromatic heterocycles. The molecular weight excluding hydrogens is 284 g/mol. The molecule has 92 valence electrons. The average molecular weight is 299 g/mol. The summed E-state index contributed by atoms with van der Waals surface area (Å²) in [5, 5.41) is 0. The summed E-state index contributed by atoms with van der Waals surface area (Å²) in [5.74, 6) is 0.285. The summed E-state index contributed by atoms with van der Waals surface area (Å²) in [7, 11) is 0. The highest BCUT2D eigenvalue weighted by molar-refractivity contribution is 9.10. The van der Waals surface area contributed by atoms with Crippen LogP contribution in [0.5, 0.6) is 5.75 Å². The number of primary amides is 1. The molecule has 1 saturated carbocycles. The molecule has 5 heteroatoms. The minimum absolute atomic E-state index is 0.177. The molecule has 0 heterocycles. The van der Waals surface area contributed by atoms with E-state index in [0.29, 0.717) is 10.0 Å². The van der Waals surface area contributed by atoms with E-state index in [2.05, 4.69) is 15.9 Å². The summed E-state index contributed by atoms with van der Waals surface area (Å²) in [6, 6.07) is 5.43. The van der Waals surface area contributed by atoms with Crippen molar-refractivity contribution in [3.05, 3.63) is 28.2 Å². The van der Waals surface area contributed by atoms with Gasteiger partial charge in [-0.05, 0) is 53.4 Å². The Hall–Kier alpha value is -1.07. The molecule has 0 saturated heterocycles. The third-order valence-corrected chi connectivity index (χ3v) is 3.59. The van der Waals surface area contributed by atoms with Crippen LogP contribution in [-0.2, 0) is 0 Å². The summed E-state index contributed by atoms with van der Waals surface area (Å²) in [6.45, 7) is 0. The van der Waals surface area contributed by atoms with Gasteiger partial charge in [-0.1, -0.05) is 0 Å². The Morgan fingerprint density at radius 3 is 2.71 bits per heavy atom. The number of rotatable bonds is 3. The molecule has 1 fully saturated rings. The van der Waals surface area contributed by atoms with Crippen LogP contribution < -0.4 is 16.2 Å². The molecule has 1 aliphatic rings. The number of amides is 1. The van der Waals surface area contributed by atoms with Crippen molar-refractivity contribution < 1.29 is 9.53 Å². The van der Waals surface area contributed by atoms with Crippen molar-refractivity contribution >= 4 is 21.8 Å². The maximum absolute atomic E-state index is 11.1. The topological polar surface area (TPSA) is 78.3 Å². The number of ether oxygens (including phenoxy) is 1. The van der Waals surface area contributed by atoms with Crippen molar-refractivity contribution in [2.45, 2.75) is 31.4 Å². The summed E-state index contributed by atoms with van der Waals surface area (Å²) < 4.78 is 6.46. The molecule has 4 N–H and O–H groups in total. The van der Waals surface area contributed by atoms with Gasteiger partial charge >= 0.3 is 0 Å². The lowest BCUT2D eigenvalue weighted by molar-refractivity contribution is 0.0999. The van der Waals surface area contributed by atoms with Crippen molar-refractivity contribution in [2.75, 3.05) is 0 Å². The SMILES string of the molecule is NC(=O)c1ccc(OC2CCC(N)C2)cc1Br. The Kier molecular flexibility index (Phi) is 3.69. The van der Waals surface area contributed by atoms with Crippen LogP contribution in [0.4, 0.5) is 0 Å². The average Bonchev–Trinajstić information content (AvgIpc) is 2.63. The first-order valence-electron chi connectivity index (χ1n) is 5.58. The smallest absolute Gasteiger partial charge is 0.249 e. The fourth-order valence-electron chi connectivity index (χ4n) is 2.04. The standard InChI is InChI=1S/C12H15BrN2O2/c13-11-6-9(3-4-10(11)12(15)16)17-8-2-1-7(14)5-8/h3-4,6-8H,1-2,5,14H2,(H2,15,16). The number of hydrogen-bond acceptors (Lipinski definition) is 3. The number of halogens is 1. The van der Waals surface area contributed by atoms with E-state index in [0.717, 1.165) is 25.0 Å². The predicted molar refractivity (Wildman–Crippen MR) is 68.9 cm³/mol. The molecule has 0 spiro atoms. The number of nitrogens with two attached hydrogens (primary N) is 2. The monoisotopic (exact) mass is 298 g/mol. The molecule has 1 aromatic rings. The third kappa shape index (κ3) is 2.98. The molecule has 0 radical (unpaired) electrons. The summed E-state index contributed by atoms with van der Waals surface area (Å²) in [5.41, 5.74) is 11.5. The second kappa shape index (κ2) is 5.06. The van der Waals surface area contributed by atoms with Crippen LogP contribution in [0, 0.1) is 0 Å². The molecule has 1 aromatic carbocycles. The highest BCUT2D eigenvalue weighted by atomic mass is 79.9. The zero-order chi connectivity index (χ0) is 12.4. The van der Waals surface area contributed by atoms with Gasteiger partial charge in [0.05, 0.1) is 5.56 Å². The van der Waals surface area contributed by atoms with Gasteiger partial charge in [0.25, 0.3) is 0 Å². The zero-order valence-electron chi connectivity index (χ0n) is 9.36.